The van der Waals surface area contributed by atoms with Gasteiger partial charge in [0.05, 0.1) is 0 Å². The Morgan fingerprint density at radius 1 is 1.42 bits per heavy atom. The predicted molar refractivity (Wildman–Crippen MR) is 80.5 cm³/mol. The summed E-state index contributed by atoms with van der Waals surface area (Å²) in [6.07, 6.45) is 1.93. The molecule has 0 bridgehead atoms. The molecule has 1 saturated heterocycles. The minimum absolute atomic E-state index is 0.513. The molecule has 1 N–H and O–H groups in total. The molecule has 1 aliphatic rings. The maximum Gasteiger partial charge on any atom is 0.129 e. The first-order valence-electron chi connectivity index (χ1n) is 7.19. The van der Waals surface area contributed by atoms with E-state index in [1.54, 1.807) is 0 Å². The van der Waals surface area contributed by atoms with E-state index in [-0.39, 0.29) is 0 Å². The summed E-state index contributed by atoms with van der Waals surface area (Å²) in [6.45, 7) is 10.8. The molecule has 1 unspecified atom stereocenters. The molecule has 1 aliphatic heterocycles. The lowest BCUT2D eigenvalue weighted by Gasteiger charge is -2.39. The van der Waals surface area contributed by atoms with Crippen LogP contribution in [0.1, 0.15) is 26.3 Å². The van der Waals surface area contributed by atoms with Crippen LogP contribution in [-0.4, -0.2) is 48.6 Å². The lowest BCUT2D eigenvalue weighted by Crippen LogP contribution is -2.50. The Morgan fingerprint density at radius 3 is 2.89 bits per heavy atom. The second kappa shape index (κ2) is 6.35. The van der Waals surface area contributed by atoms with Gasteiger partial charge in [0.2, 0.25) is 0 Å². The van der Waals surface area contributed by atoms with Crippen molar-refractivity contribution in [2.75, 3.05) is 31.6 Å². The average Bonchev–Trinajstić information content (AvgIpc) is 2.36. The van der Waals surface area contributed by atoms with Crippen LogP contribution in [0, 0.1) is 0 Å². The Hall–Kier alpha value is -1.13. The summed E-state index contributed by atoms with van der Waals surface area (Å²) in [4.78, 5) is 9.34. The highest BCUT2D eigenvalue weighted by atomic mass is 15.3. The number of piperazine rings is 1. The van der Waals surface area contributed by atoms with Gasteiger partial charge < -0.3 is 15.1 Å². The molecule has 0 aromatic carbocycles. The van der Waals surface area contributed by atoms with Gasteiger partial charge in [0.25, 0.3) is 0 Å². The maximum atomic E-state index is 4.55. The van der Waals surface area contributed by atoms with Crippen LogP contribution in [0.3, 0.4) is 0 Å². The van der Waals surface area contributed by atoms with Crippen LogP contribution in [0.4, 0.5) is 5.82 Å². The van der Waals surface area contributed by atoms with Crippen molar-refractivity contribution in [3.63, 3.8) is 0 Å². The normalized spacial score (nSPS) is 21.1. The number of hydrogen-bond donors (Lipinski definition) is 1. The first-order valence-corrected chi connectivity index (χ1v) is 7.19. The molecule has 2 heterocycles. The molecule has 0 radical (unpaired) electrons. The van der Waals surface area contributed by atoms with E-state index in [2.05, 4.69) is 60.1 Å². The lowest BCUT2D eigenvalue weighted by atomic mass is 10.1. The summed E-state index contributed by atoms with van der Waals surface area (Å²) >= 11 is 0. The topological polar surface area (TPSA) is 31.4 Å². The molecule has 0 spiro atoms. The van der Waals surface area contributed by atoms with Crippen LogP contribution in [0.5, 0.6) is 0 Å². The quantitative estimate of drug-likeness (QED) is 0.895. The zero-order valence-corrected chi connectivity index (χ0v) is 12.6. The summed E-state index contributed by atoms with van der Waals surface area (Å²) in [7, 11) is 2.18. The van der Waals surface area contributed by atoms with Gasteiger partial charge in [-0.3, -0.25) is 0 Å². The van der Waals surface area contributed by atoms with Crippen molar-refractivity contribution in [3.8, 4) is 0 Å². The van der Waals surface area contributed by atoms with Gasteiger partial charge in [0.1, 0.15) is 5.82 Å². The van der Waals surface area contributed by atoms with E-state index in [0.717, 1.165) is 32.0 Å². The third-order valence-corrected chi connectivity index (χ3v) is 3.65. The highest BCUT2D eigenvalue weighted by Crippen LogP contribution is 2.18. The number of nitrogens with one attached hydrogen (secondary N) is 1. The van der Waals surface area contributed by atoms with Crippen molar-refractivity contribution in [2.45, 2.75) is 39.4 Å². The fourth-order valence-corrected chi connectivity index (χ4v) is 2.53. The number of pyridine rings is 1. The van der Waals surface area contributed by atoms with Crippen molar-refractivity contribution in [1.82, 2.24) is 15.2 Å². The van der Waals surface area contributed by atoms with Gasteiger partial charge >= 0.3 is 0 Å². The van der Waals surface area contributed by atoms with Crippen LogP contribution in [0.2, 0.25) is 0 Å². The monoisotopic (exact) mass is 262 g/mol. The van der Waals surface area contributed by atoms with E-state index in [0.29, 0.717) is 12.1 Å². The van der Waals surface area contributed by atoms with Gasteiger partial charge in [0.15, 0.2) is 0 Å². The van der Waals surface area contributed by atoms with Crippen LogP contribution in [0.15, 0.2) is 18.3 Å². The lowest BCUT2D eigenvalue weighted by molar-refractivity contribution is 0.274. The van der Waals surface area contributed by atoms with E-state index in [1.165, 1.54) is 5.56 Å². The van der Waals surface area contributed by atoms with Crippen LogP contribution >= 0.6 is 0 Å². The van der Waals surface area contributed by atoms with Gasteiger partial charge in [-0.05, 0) is 31.7 Å². The first-order chi connectivity index (χ1) is 9.06. The molecule has 1 aromatic rings. The molecular weight excluding hydrogens is 236 g/mol. The molecule has 106 valence electrons. The summed E-state index contributed by atoms with van der Waals surface area (Å²) in [5.74, 6) is 1.11. The number of nitrogens with zero attached hydrogens (tertiary/aromatic N) is 3. The molecule has 1 aromatic heterocycles. The molecular formula is C15H26N4. The third-order valence-electron chi connectivity index (χ3n) is 3.65. The molecule has 4 heteroatoms. The van der Waals surface area contributed by atoms with Gasteiger partial charge in [-0.2, -0.15) is 0 Å². The van der Waals surface area contributed by atoms with E-state index in [1.807, 2.05) is 6.20 Å². The van der Waals surface area contributed by atoms with Crippen LogP contribution < -0.4 is 10.2 Å². The largest absolute Gasteiger partial charge is 0.351 e. The molecule has 0 aliphatic carbocycles. The Balaban J connectivity index is 2.05. The van der Waals surface area contributed by atoms with Gasteiger partial charge in [0, 0.05) is 44.5 Å². The van der Waals surface area contributed by atoms with E-state index >= 15 is 0 Å². The van der Waals surface area contributed by atoms with Crippen LogP contribution in [0.25, 0.3) is 0 Å². The fraction of sp³-hybridized carbons (Fsp3) is 0.667. The number of rotatable bonds is 4. The van der Waals surface area contributed by atoms with Crippen molar-refractivity contribution < 1.29 is 0 Å². The predicted octanol–water partition coefficient (Wildman–Crippen LogP) is 1.72. The van der Waals surface area contributed by atoms with Crippen molar-refractivity contribution in [3.05, 3.63) is 23.9 Å². The zero-order chi connectivity index (χ0) is 13.8. The number of anilines is 1. The summed E-state index contributed by atoms with van der Waals surface area (Å²) in [5, 5.41) is 3.46. The Bertz CT molecular complexity index is 405. The second-order valence-corrected chi connectivity index (χ2v) is 5.86. The van der Waals surface area contributed by atoms with Crippen molar-refractivity contribution in [2.24, 2.45) is 0 Å². The average molecular weight is 262 g/mol. The summed E-state index contributed by atoms with van der Waals surface area (Å²) in [6, 6.07) is 5.36. The van der Waals surface area contributed by atoms with Crippen LogP contribution in [-0.2, 0) is 6.54 Å². The van der Waals surface area contributed by atoms with E-state index in [4.69, 9.17) is 0 Å². The first kappa shape index (κ1) is 14.3. The second-order valence-electron chi connectivity index (χ2n) is 5.86. The minimum atomic E-state index is 0.513. The Morgan fingerprint density at radius 2 is 2.21 bits per heavy atom. The Labute approximate surface area is 116 Å². The number of hydrogen-bond acceptors (Lipinski definition) is 4. The molecule has 0 amide bonds. The Kier molecular flexibility index (Phi) is 4.77. The highest BCUT2D eigenvalue weighted by molar-refractivity contribution is 5.42. The van der Waals surface area contributed by atoms with Crippen molar-refractivity contribution in [1.29, 1.82) is 0 Å². The molecule has 19 heavy (non-hydrogen) atoms. The molecule has 0 saturated carbocycles. The standard InChI is InChI=1S/C15H26N4/c1-12(2)17-10-14-5-6-16-15(9-14)19-8-7-18(4)11-13(19)3/h5-6,9,12-13,17H,7-8,10-11H2,1-4H3. The fourth-order valence-electron chi connectivity index (χ4n) is 2.53. The van der Waals surface area contributed by atoms with Gasteiger partial charge in [-0.1, -0.05) is 13.8 Å². The van der Waals surface area contributed by atoms with Gasteiger partial charge in [-0.25, -0.2) is 4.98 Å². The summed E-state index contributed by atoms with van der Waals surface area (Å²) < 4.78 is 0. The molecule has 1 atom stereocenters. The van der Waals surface area contributed by atoms with Crippen molar-refractivity contribution >= 4 is 5.82 Å². The van der Waals surface area contributed by atoms with Gasteiger partial charge in [-0.15, -0.1) is 0 Å². The molecule has 4 nitrogen and oxygen atoms in total. The highest BCUT2D eigenvalue weighted by Gasteiger charge is 2.22. The third kappa shape index (κ3) is 3.91. The smallest absolute Gasteiger partial charge is 0.129 e. The number of aromatic nitrogens is 1. The molecule has 1 fully saturated rings. The van der Waals surface area contributed by atoms with E-state index < -0.39 is 0 Å². The van der Waals surface area contributed by atoms with E-state index in [9.17, 15) is 0 Å². The zero-order valence-electron chi connectivity index (χ0n) is 12.6. The maximum absolute atomic E-state index is 4.55. The summed E-state index contributed by atoms with van der Waals surface area (Å²) in [5.41, 5.74) is 1.31. The minimum Gasteiger partial charge on any atom is -0.351 e. The number of likely N-dealkylation sites (N-methyl/N-ethyl adjacent to an activating group) is 1. The SMILES string of the molecule is CC(C)NCc1ccnc(N2CCN(C)CC2C)c1. The molecule has 2 rings (SSSR count).